The number of anilines is 1. The number of halogens is 2. The largest absolute Gasteiger partial charge is 0.482 e. The van der Waals surface area contributed by atoms with Crippen LogP contribution in [0.1, 0.15) is 44.0 Å². The quantitative estimate of drug-likeness (QED) is 0.265. The highest BCUT2D eigenvalue weighted by Gasteiger charge is 2.15. The van der Waals surface area contributed by atoms with Crippen molar-refractivity contribution < 1.29 is 27.8 Å². The molecule has 0 saturated heterocycles. The first-order valence-corrected chi connectivity index (χ1v) is 12.8. The van der Waals surface area contributed by atoms with Crippen LogP contribution in [0.4, 0.5) is 14.5 Å². The van der Waals surface area contributed by atoms with Crippen molar-refractivity contribution in [2.75, 3.05) is 31.6 Å². The van der Waals surface area contributed by atoms with Gasteiger partial charge in [-0.25, -0.2) is 13.6 Å². The molecule has 0 fully saturated rings. The van der Waals surface area contributed by atoms with Gasteiger partial charge < -0.3 is 19.7 Å². The number of benzene rings is 3. The predicted molar refractivity (Wildman–Crippen MR) is 144 cm³/mol. The Morgan fingerprint density at radius 3 is 2.42 bits per heavy atom. The van der Waals surface area contributed by atoms with Gasteiger partial charge in [0, 0.05) is 11.8 Å². The first kappa shape index (κ1) is 28.8. The molecule has 1 atom stereocenters. The van der Waals surface area contributed by atoms with E-state index in [1.54, 1.807) is 30.3 Å². The van der Waals surface area contributed by atoms with E-state index >= 15 is 0 Å². The molecule has 0 aliphatic rings. The van der Waals surface area contributed by atoms with Gasteiger partial charge in [-0.1, -0.05) is 38.1 Å². The Labute approximate surface area is 222 Å². The Morgan fingerprint density at radius 1 is 0.947 bits per heavy atom. The second-order valence-corrected chi connectivity index (χ2v) is 8.95. The molecule has 6 nitrogen and oxygen atoms in total. The fraction of sp³-hybridized carbons (Fsp3) is 0.333. The molecule has 3 aromatic rings. The summed E-state index contributed by atoms with van der Waals surface area (Å²) in [6, 6.07) is 16.3. The molecule has 0 saturated carbocycles. The maximum atomic E-state index is 14.5. The van der Waals surface area contributed by atoms with Crippen LogP contribution in [0.3, 0.4) is 0 Å². The Hall–Kier alpha value is -3.78. The molecule has 0 aliphatic carbocycles. The predicted octanol–water partition coefficient (Wildman–Crippen LogP) is 6.32. The van der Waals surface area contributed by atoms with Gasteiger partial charge in [-0.3, -0.25) is 4.79 Å². The Kier molecular flexibility index (Phi) is 10.8. The molecular weight excluding hydrogens is 490 g/mol. The second-order valence-electron chi connectivity index (χ2n) is 8.95. The lowest BCUT2D eigenvalue weighted by atomic mass is 10.0. The summed E-state index contributed by atoms with van der Waals surface area (Å²) in [4.78, 5) is 27.3. The van der Waals surface area contributed by atoms with E-state index in [0.717, 1.165) is 32.5 Å². The Bertz CT molecular complexity index is 1230. The van der Waals surface area contributed by atoms with Crippen LogP contribution in [0.2, 0.25) is 0 Å². The highest BCUT2D eigenvalue weighted by Crippen LogP contribution is 2.24. The zero-order valence-corrected chi connectivity index (χ0v) is 22.0. The number of ether oxygens (including phenoxy) is 2. The summed E-state index contributed by atoms with van der Waals surface area (Å²) in [5.41, 5.74) is 1.21. The van der Waals surface area contributed by atoms with Crippen molar-refractivity contribution in [3.63, 3.8) is 0 Å². The van der Waals surface area contributed by atoms with E-state index in [1.807, 2.05) is 6.92 Å². The van der Waals surface area contributed by atoms with Gasteiger partial charge >= 0.3 is 5.97 Å². The number of amides is 1. The van der Waals surface area contributed by atoms with E-state index in [9.17, 15) is 18.4 Å². The first-order valence-electron chi connectivity index (χ1n) is 12.8. The molecule has 0 aromatic heterocycles. The molecule has 202 valence electrons. The monoisotopic (exact) mass is 524 g/mol. The van der Waals surface area contributed by atoms with Crippen LogP contribution in [-0.4, -0.2) is 49.1 Å². The number of rotatable bonds is 13. The maximum absolute atomic E-state index is 14.5. The molecule has 0 spiro atoms. The number of hydrogen-bond donors (Lipinski definition) is 1. The van der Waals surface area contributed by atoms with Crippen LogP contribution in [0, 0.1) is 11.6 Å². The van der Waals surface area contributed by atoms with E-state index in [4.69, 9.17) is 9.47 Å². The lowest BCUT2D eigenvalue weighted by Gasteiger charge is -2.19. The molecule has 3 rings (SSSR count). The number of carbonyl (C=O) groups is 2. The molecule has 0 heterocycles. The molecule has 38 heavy (non-hydrogen) atoms. The van der Waals surface area contributed by atoms with Crippen LogP contribution < -0.4 is 10.1 Å². The normalized spacial score (nSPS) is 11.7. The van der Waals surface area contributed by atoms with Gasteiger partial charge in [-0.15, -0.1) is 0 Å². The third-order valence-corrected chi connectivity index (χ3v) is 6.13. The summed E-state index contributed by atoms with van der Waals surface area (Å²) < 4.78 is 39.0. The molecule has 0 radical (unpaired) electrons. The third-order valence-electron chi connectivity index (χ3n) is 6.13. The number of hydrogen-bond acceptors (Lipinski definition) is 5. The van der Waals surface area contributed by atoms with E-state index in [-0.39, 0.29) is 18.3 Å². The van der Waals surface area contributed by atoms with Gasteiger partial charge in [0.05, 0.1) is 11.7 Å². The molecule has 3 aromatic carbocycles. The highest BCUT2D eigenvalue weighted by atomic mass is 19.1. The fourth-order valence-corrected chi connectivity index (χ4v) is 4.01. The lowest BCUT2D eigenvalue weighted by molar-refractivity contribution is -0.150. The molecular formula is C30H34F2N2O4. The molecule has 0 aliphatic heterocycles. The zero-order valence-electron chi connectivity index (χ0n) is 22.0. The van der Waals surface area contributed by atoms with Crippen LogP contribution in [0.5, 0.6) is 5.75 Å². The van der Waals surface area contributed by atoms with Gasteiger partial charge in [-0.2, -0.15) is 0 Å². The fourth-order valence-electron chi connectivity index (χ4n) is 4.01. The average Bonchev–Trinajstić information content (AvgIpc) is 2.90. The number of esters is 1. The molecule has 1 amide bonds. The molecule has 0 bridgehead atoms. The second kappa shape index (κ2) is 14.2. The Balaban J connectivity index is 1.54. The van der Waals surface area contributed by atoms with Crippen molar-refractivity contribution in [2.24, 2.45) is 0 Å². The van der Waals surface area contributed by atoms with E-state index < -0.39 is 23.5 Å². The minimum atomic E-state index is -0.705. The Morgan fingerprint density at radius 2 is 1.68 bits per heavy atom. The van der Waals surface area contributed by atoms with Crippen LogP contribution in [0.25, 0.3) is 11.1 Å². The maximum Gasteiger partial charge on any atom is 0.344 e. The standard InChI is InChI=1S/C30H34F2N2O4/c1-4-34(5-2)16-8-9-21(3)38-29(35)20-37-26-13-7-12-25(19-26)33-30(36)27-18-23(14-15-28(27)32)22-10-6-11-24(31)17-22/h6-7,10-15,17-19,21H,4-5,8-9,16,20H2,1-3H3,(H,33,36). The highest BCUT2D eigenvalue weighted by molar-refractivity contribution is 6.05. The summed E-state index contributed by atoms with van der Waals surface area (Å²) in [7, 11) is 0. The van der Waals surface area contributed by atoms with E-state index in [2.05, 4.69) is 24.1 Å². The van der Waals surface area contributed by atoms with Crippen molar-refractivity contribution in [2.45, 2.75) is 39.7 Å². The van der Waals surface area contributed by atoms with Crippen molar-refractivity contribution >= 4 is 17.6 Å². The number of carbonyl (C=O) groups excluding carboxylic acids is 2. The third kappa shape index (κ3) is 8.66. The van der Waals surface area contributed by atoms with Crippen LogP contribution in [-0.2, 0) is 9.53 Å². The van der Waals surface area contributed by atoms with E-state index in [0.29, 0.717) is 22.6 Å². The molecule has 1 unspecified atom stereocenters. The summed E-state index contributed by atoms with van der Waals surface area (Å²) in [6.45, 7) is 8.78. The SMILES string of the molecule is CCN(CC)CCCC(C)OC(=O)COc1cccc(NC(=O)c2cc(-c3cccc(F)c3)ccc2F)c1. The lowest BCUT2D eigenvalue weighted by Crippen LogP contribution is -2.26. The van der Waals surface area contributed by atoms with Crippen LogP contribution >= 0.6 is 0 Å². The summed E-state index contributed by atoms with van der Waals surface area (Å²) in [6.07, 6.45) is 1.48. The van der Waals surface area contributed by atoms with Crippen LogP contribution in [0.15, 0.2) is 66.7 Å². The van der Waals surface area contributed by atoms with Crippen molar-refractivity contribution in [1.82, 2.24) is 4.90 Å². The van der Waals surface area contributed by atoms with Crippen molar-refractivity contribution in [3.8, 4) is 16.9 Å². The smallest absolute Gasteiger partial charge is 0.344 e. The van der Waals surface area contributed by atoms with E-state index in [1.165, 1.54) is 36.4 Å². The summed E-state index contributed by atoms with van der Waals surface area (Å²) in [5.74, 6) is -1.93. The van der Waals surface area contributed by atoms with Gasteiger partial charge in [0.15, 0.2) is 6.61 Å². The molecule has 1 N–H and O–H groups in total. The van der Waals surface area contributed by atoms with Crippen molar-refractivity contribution in [3.05, 3.63) is 83.9 Å². The first-order chi connectivity index (χ1) is 18.3. The van der Waals surface area contributed by atoms with Gasteiger partial charge in [-0.05, 0) is 86.9 Å². The van der Waals surface area contributed by atoms with Gasteiger partial charge in [0.25, 0.3) is 5.91 Å². The summed E-state index contributed by atoms with van der Waals surface area (Å²) in [5, 5.41) is 2.64. The number of nitrogens with one attached hydrogen (secondary N) is 1. The minimum Gasteiger partial charge on any atom is -0.482 e. The minimum absolute atomic E-state index is 0.184. The topological polar surface area (TPSA) is 67.9 Å². The number of nitrogens with zero attached hydrogens (tertiary/aromatic N) is 1. The van der Waals surface area contributed by atoms with Gasteiger partial charge in [0.2, 0.25) is 0 Å². The summed E-state index contributed by atoms with van der Waals surface area (Å²) >= 11 is 0. The molecule has 8 heteroatoms. The average molecular weight is 525 g/mol. The zero-order chi connectivity index (χ0) is 27.5. The van der Waals surface area contributed by atoms with Gasteiger partial charge in [0.1, 0.15) is 17.4 Å². The van der Waals surface area contributed by atoms with Crippen molar-refractivity contribution in [1.29, 1.82) is 0 Å².